The van der Waals surface area contributed by atoms with Gasteiger partial charge in [-0.2, -0.15) is 0 Å². The van der Waals surface area contributed by atoms with Crippen molar-refractivity contribution in [3.63, 3.8) is 0 Å². The molecular weight excluding hydrogens is 515 g/mol. The van der Waals surface area contributed by atoms with Crippen molar-refractivity contribution in [3.8, 4) is 11.5 Å². The van der Waals surface area contributed by atoms with Crippen molar-refractivity contribution >= 4 is 57.0 Å². The second kappa shape index (κ2) is 11.4. The minimum Gasteiger partial charge on any atom is -0.493 e. The molecule has 156 valence electrons. The molecule has 11 heteroatoms. The molecule has 28 heavy (non-hydrogen) atoms. The zero-order valence-corrected chi connectivity index (χ0v) is 20.1. The molecule has 1 aromatic carbocycles. The number of aryl methyl sites for hydroxylation is 1. The van der Waals surface area contributed by atoms with Crippen molar-refractivity contribution in [2.75, 3.05) is 39.7 Å². The Bertz CT molecular complexity index is 900. The summed E-state index contributed by atoms with van der Waals surface area (Å²) in [4.78, 5) is 5.08. The first-order chi connectivity index (χ1) is 12.9. The van der Waals surface area contributed by atoms with Crippen molar-refractivity contribution in [2.45, 2.75) is 11.1 Å². The van der Waals surface area contributed by atoms with E-state index in [4.69, 9.17) is 9.47 Å². The van der Waals surface area contributed by atoms with Gasteiger partial charge < -0.3 is 20.1 Å². The maximum atomic E-state index is 12.2. The first-order valence-corrected chi connectivity index (χ1v) is 10.5. The molecular formula is C17H25IN4O4S2. The first kappa shape index (κ1) is 24.5. The molecule has 0 atom stereocenters. The van der Waals surface area contributed by atoms with E-state index in [0.717, 1.165) is 10.6 Å². The second-order valence-corrected chi connectivity index (χ2v) is 8.74. The number of nitrogens with zero attached hydrogens (tertiary/aromatic N) is 1. The largest absolute Gasteiger partial charge is 0.493 e. The molecule has 0 aliphatic heterocycles. The van der Waals surface area contributed by atoms with Crippen LogP contribution >= 0.6 is 35.3 Å². The molecule has 1 heterocycles. The topological polar surface area (TPSA) is 101 Å². The van der Waals surface area contributed by atoms with Gasteiger partial charge in [0, 0.05) is 36.8 Å². The predicted molar refractivity (Wildman–Crippen MR) is 124 cm³/mol. The standard InChI is InChI=1S/C17H24N4O4S2.HI/c1-12-5-8-16(26-12)27(22,23)20-10-9-19-17(18-2)21-13-6-7-14(24-3)15(11-13)25-4;/h5-8,11,20H,9-10H2,1-4H3,(H2,18,19,21);1H. The SMILES string of the molecule is CN=C(NCCNS(=O)(=O)c1ccc(C)s1)Nc1ccc(OC)c(OC)c1.I. The number of anilines is 1. The van der Waals surface area contributed by atoms with Crippen LogP contribution in [0.4, 0.5) is 5.69 Å². The van der Waals surface area contributed by atoms with Crippen LogP contribution in [0.5, 0.6) is 11.5 Å². The number of rotatable bonds is 8. The fraction of sp³-hybridized carbons (Fsp3) is 0.353. The van der Waals surface area contributed by atoms with Crippen LogP contribution in [0.2, 0.25) is 0 Å². The van der Waals surface area contributed by atoms with Gasteiger partial charge in [-0.15, -0.1) is 35.3 Å². The smallest absolute Gasteiger partial charge is 0.250 e. The monoisotopic (exact) mass is 540 g/mol. The lowest BCUT2D eigenvalue weighted by Gasteiger charge is -2.14. The lowest BCUT2D eigenvalue weighted by atomic mass is 10.3. The third-order valence-corrected chi connectivity index (χ3v) is 6.51. The van der Waals surface area contributed by atoms with Crippen molar-refractivity contribution in [1.82, 2.24) is 10.0 Å². The van der Waals surface area contributed by atoms with E-state index in [-0.39, 0.29) is 30.5 Å². The highest BCUT2D eigenvalue weighted by atomic mass is 127. The van der Waals surface area contributed by atoms with Gasteiger partial charge in [-0.1, -0.05) is 0 Å². The Kier molecular flexibility index (Phi) is 9.99. The molecule has 2 aromatic rings. The maximum absolute atomic E-state index is 12.2. The summed E-state index contributed by atoms with van der Waals surface area (Å²) in [7, 11) is 1.29. The third kappa shape index (κ3) is 6.79. The summed E-state index contributed by atoms with van der Waals surface area (Å²) in [6.45, 7) is 2.47. The normalized spacial score (nSPS) is 11.5. The number of guanidine groups is 1. The van der Waals surface area contributed by atoms with E-state index in [1.807, 2.05) is 13.0 Å². The van der Waals surface area contributed by atoms with Gasteiger partial charge in [-0.25, -0.2) is 13.1 Å². The zero-order valence-electron chi connectivity index (χ0n) is 16.1. The molecule has 0 saturated carbocycles. The summed E-state index contributed by atoms with van der Waals surface area (Å²) < 4.78 is 37.7. The van der Waals surface area contributed by atoms with E-state index < -0.39 is 10.0 Å². The van der Waals surface area contributed by atoms with Crippen LogP contribution in [0.3, 0.4) is 0 Å². The molecule has 3 N–H and O–H groups in total. The van der Waals surface area contributed by atoms with E-state index in [1.165, 1.54) is 11.3 Å². The highest BCUT2D eigenvalue weighted by Crippen LogP contribution is 2.29. The Balaban J connectivity index is 0.00000392. The number of nitrogens with one attached hydrogen (secondary N) is 3. The van der Waals surface area contributed by atoms with Gasteiger partial charge in [0.2, 0.25) is 10.0 Å². The second-order valence-electron chi connectivity index (χ2n) is 5.46. The van der Waals surface area contributed by atoms with E-state index in [1.54, 1.807) is 45.5 Å². The number of ether oxygens (including phenoxy) is 2. The summed E-state index contributed by atoms with van der Waals surface area (Å²) in [5.74, 6) is 1.73. The van der Waals surface area contributed by atoms with Crippen LogP contribution < -0.4 is 24.8 Å². The summed E-state index contributed by atoms with van der Waals surface area (Å²) >= 11 is 1.24. The Morgan fingerprint density at radius 2 is 1.82 bits per heavy atom. The molecule has 0 saturated heterocycles. The van der Waals surface area contributed by atoms with Gasteiger partial charge in [-0.3, -0.25) is 4.99 Å². The maximum Gasteiger partial charge on any atom is 0.250 e. The summed E-state index contributed by atoms with van der Waals surface area (Å²) in [6.07, 6.45) is 0. The molecule has 0 fully saturated rings. The van der Waals surface area contributed by atoms with Gasteiger partial charge in [0.15, 0.2) is 17.5 Å². The summed E-state index contributed by atoms with van der Waals surface area (Å²) in [6, 6.07) is 8.79. The Labute approximate surface area is 186 Å². The fourth-order valence-corrected chi connectivity index (χ4v) is 4.58. The lowest BCUT2D eigenvalue weighted by Crippen LogP contribution is -2.37. The average Bonchev–Trinajstić information content (AvgIpc) is 3.11. The molecule has 1 aromatic heterocycles. The number of benzene rings is 1. The van der Waals surface area contributed by atoms with Crippen LogP contribution in [-0.4, -0.2) is 48.7 Å². The molecule has 0 spiro atoms. The predicted octanol–water partition coefficient (Wildman–Crippen LogP) is 2.66. The van der Waals surface area contributed by atoms with Crippen LogP contribution in [0.15, 0.2) is 39.5 Å². The van der Waals surface area contributed by atoms with Crippen LogP contribution in [0.25, 0.3) is 0 Å². The van der Waals surface area contributed by atoms with Crippen molar-refractivity contribution < 1.29 is 17.9 Å². The minimum atomic E-state index is -3.48. The number of aliphatic imine (C=N–C) groups is 1. The van der Waals surface area contributed by atoms with Crippen LogP contribution in [-0.2, 0) is 10.0 Å². The Morgan fingerprint density at radius 3 is 2.39 bits per heavy atom. The number of methoxy groups -OCH3 is 2. The average molecular weight is 540 g/mol. The van der Waals surface area contributed by atoms with Crippen molar-refractivity contribution in [1.29, 1.82) is 0 Å². The van der Waals surface area contributed by atoms with Gasteiger partial charge in [0.1, 0.15) is 4.21 Å². The zero-order chi connectivity index (χ0) is 19.9. The van der Waals surface area contributed by atoms with Gasteiger partial charge in [-0.05, 0) is 31.2 Å². The van der Waals surface area contributed by atoms with E-state index >= 15 is 0 Å². The molecule has 2 rings (SSSR count). The highest BCUT2D eigenvalue weighted by molar-refractivity contribution is 14.0. The number of thiophene rings is 1. The van der Waals surface area contributed by atoms with Gasteiger partial charge in [0.05, 0.1) is 14.2 Å². The molecule has 0 amide bonds. The van der Waals surface area contributed by atoms with Crippen LogP contribution in [0.1, 0.15) is 4.88 Å². The van der Waals surface area contributed by atoms with Crippen molar-refractivity contribution in [2.24, 2.45) is 4.99 Å². The van der Waals surface area contributed by atoms with E-state index in [0.29, 0.717) is 28.2 Å². The molecule has 0 radical (unpaired) electrons. The third-order valence-electron chi connectivity index (χ3n) is 3.56. The molecule has 0 bridgehead atoms. The number of hydrogen-bond acceptors (Lipinski definition) is 6. The molecule has 0 aliphatic carbocycles. The number of sulfonamides is 1. The minimum absolute atomic E-state index is 0. The number of halogens is 1. The quantitative estimate of drug-likeness (QED) is 0.206. The fourth-order valence-electron chi connectivity index (χ4n) is 2.22. The highest BCUT2D eigenvalue weighted by Gasteiger charge is 2.15. The Morgan fingerprint density at radius 1 is 1.11 bits per heavy atom. The molecule has 0 aliphatic rings. The van der Waals surface area contributed by atoms with E-state index in [2.05, 4.69) is 20.3 Å². The molecule has 8 nitrogen and oxygen atoms in total. The summed E-state index contributed by atoms with van der Waals surface area (Å²) in [5.41, 5.74) is 0.760. The van der Waals surface area contributed by atoms with Crippen molar-refractivity contribution in [3.05, 3.63) is 35.2 Å². The molecule has 0 unspecified atom stereocenters. The Hall–Kier alpha value is -1.57. The number of hydrogen-bond donors (Lipinski definition) is 3. The van der Waals surface area contributed by atoms with Crippen LogP contribution in [0, 0.1) is 6.92 Å². The summed E-state index contributed by atoms with van der Waals surface area (Å²) in [5, 5.41) is 6.17. The lowest BCUT2D eigenvalue weighted by molar-refractivity contribution is 0.355. The van der Waals surface area contributed by atoms with Gasteiger partial charge >= 0.3 is 0 Å². The van der Waals surface area contributed by atoms with E-state index in [9.17, 15) is 8.42 Å². The van der Waals surface area contributed by atoms with Gasteiger partial charge in [0.25, 0.3) is 0 Å². The first-order valence-electron chi connectivity index (χ1n) is 8.15.